The number of methoxy groups -OCH3 is 1. The van der Waals surface area contributed by atoms with Crippen molar-refractivity contribution in [3.63, 3.8) is 0 Å². The van der Waals surface area contributed by atoms with Crippen molar-refractivity contribution in [1.82, 2.24) is 4.57 Å². The third kappa shape index (κ3) is 2.30. The minimum atomic E-state index is -0.326. The van der Waals surface area contributed by atoms with Gasteiger partial charge < -0.3 is 9.30 Å². The van der Waals surface area contributed by atoms with Crippen LogP contribution in [0.15, 0.2) is 42.5 Å². The van der Waals surface area contributed by atoms with E-state index in [-0.39, 0.29) is 12.0 Å². The molecule has 0 unspecified atom stereocenters. The molecular formula is C20H19NO3. The highest BCUT2D eigenvalue weighted by Gasteiger charge is 2.24. The average Bonchev–Trinajstić information content (AvgIpc) is 2.95. The maximum Gasteiger partial charge on any atom is 0.337 e. The molecular weight excluding hydrogens is 302 g/mol. The van der Waals surface area contributed by atoms with E-state index in [0.717, 1.165) is 29.3 Å². The summed E-state index contributed by atoms with van der Waals surface area (Å²) in [5, 5.41) is 2.32. The van der Waals surface area contributed by atoms with Crippen molar-refractivity contribution < 1.29 is 14.3 Å². The zero-order valence-corrected chi connectivity index (χ0v) is 13.6. The molecule has 1 aliphatic rings. The fraction of sp³-hybridized carbons (Fsp3) is 0.300. The number of nitrogens with zero attached hydrogens (tertiary/aromatic N) is 1. The molecule has 4 rings (SSSR count). The molecule has 0 radical (unpaired) electrons. The number of aromatic nitrogens is 1. The number of rotatable bonds is 2. The van der Waals surface area contributed by atoms with Crippen LogP contribution in [0, 0.1) is 0 Å². The van der Waals surface area contributed by atoms with Gasteiger partial charge in [0.2, 0.25) is 0 Å². The van der Waals surface area contributed by atoms with Crippen molar-refractivity contribution in [2.24, 2.45) is 0 Å². The van der Waals surface area contributed by atoms with Crippen LogP contribution in [0.4, 0.5) is 0 Å². The molecule has 1 heterocycles. The third-order valence-corrected chi connectivity index (χ3v) is 5.01. The van der Waals surface area contributed by atoms with E-state index in [1.165, 1.54) is 12.5 Å². The quantitative estimate of drug-likeness (QED) is 0.662. The Labute approximate surface area is 140 Å². The number of para-hydroxylation sites is 1. The van der Waals surface area contributed by atoms with E-state index >= 15 is 0 Å². The van der Waals surface area contributed by atoms with Gasteiger partial charge in [-0.25, -0.2) is 4.79 Å². The number of hydrogen-bond acceptors (Lipinski definition) is 3. The maximum atomic E-state index is 11.9. The molecule has 0 aliphatic heterocycles. The summed E-state index contributed by atoms with van der Waals surface area (Å²) in [5.74, 6) is 0.0230. The van der Waals surface area contributed by atoms with Gasteiger partial charge in [-0.05, 0) is 31.0 Å². The van der Waals surface area contributed by atoms with Gasteiger partial charge in [-0.3, -0.25) is 4.79 Å². The summed E-state index contributed by atoms with van der Waals surface area (Å²) in [4.78, 5) is 23.5. The van der Waals surface area contributed by atoms with Crippen LogP contribution in [-0.2, 0) is 9.53 Å². The van der Waals surface area contributed by atoms with Crippen LogP contribution in [0.5, 0.6) is 0 Å². The number of Topliss-reactive ketones (excluding diaryl/α,β-unsaturated/α-hetero) is 1. The molecule has 1 aromatic heterocycles. The van der Waals surface area contributed by atoms with Crippen molar-refractivity contribution in [2.45, 2.75) is 31.7 Å². The molecule has 4 nitrogen and oxygen atoms in total. The Hall–Kier alpha value is -2.62. The first kappa shape index (κ1) is 14.9. The molecule has 3 aromatic rings. The predicted molar refractivity (Wildman–Crippen MR) is 93.3 cm³/mol. The Morgan fingerprint density at radius 1 is 1.04 bits per heavy atom. The van der Waals surface area contributed by atoms with Gasteiger partial charge in [0.05, 0.1) is 18.2 Å². The minimum absolute atomic E-state index is 0.290. The molecule has 24 heavy (non-hydrogen) atoms. The number of benzene rings is 2. The number of hydrogen-bond donors (Lipinski definition) is 0. The van der Waals surface area contributed by atoms with E-state index in [1.807, 2.05) is 30.3 Å². The van der Waals surface area contributed by atoms with Crippen LogP contribution in [-0.4, -0.2) is 23.4 Å². The van der Waals surface area contributed by atoms with Gasteiger partial charge in [0.1, 0.15) is 5.78 Å². The number of carbonyl (C=O) groups is 2. The van der Waals surface area contributed by atoms with Crippen LogP contribution in [0.1, 0.15) is 42.1 Å². The molecule has 1 saturated carbocycles. The van der Waals surface area contributed by atoms with Crippen molar-refractivity contribution in [3.05, 3.63) is 48.0 Å². The number of esters is 1. The zero-order valence-electron chi connectivity index (χ0n) is 13.6. The molecule has 2 aromatic carbocycles. The molecule has 0 saturated heterocycles. The van der Waals surface area contributed by atoms with Gasteiger partial charge in [-0.2, -0.15) is 0 Å². The van der Waals surface area contributed by atoms with Crippen LogP contribution >= 0.6 is 0 Å². The molecule has 122 valence electrons. The van der Waals surface area contributed by atoms with Crippen molar-refractivity contribution in [1.29, 1.82) is 0 Å². The van der Waals surface area contributed by atoms with Gasteiger partial charge in [-0.1, -0.05) is 24.3 Å². The summed E-state index contributed by atoms with van der Waals surface area (Å²) in [6, 6.07) is 14.3. The molecule has 0 spiro atoms. The lowest BCUT2D eigenvalue weighted by molar-refractivity contribution is -0.120. The van der Waals surface area contributed by atoms with E-state index < -0.39 is 0 Å². The summed E-state index contributed by atoms with van der Waals surface area (Å²) in [6.45, 7) is 0. The Bertz CT molecular complexity index is 944. The number of ether oxygens (including phenoxy) is 1. The first-order valence-corrected chi connectivity index (χ1v) is 8.32. The lowest BCUT2D eigenvalue weighted by atomic mass is 9.94. The Balaban J connectivity index is 1.96. The molecule has 0 N–H and O–H groups in total. The van der Waals surface area contributed by atoms with Gasteiger partial charge >= 0.3 is 5.97 Å². The van der Waals surface area contributed by atoms with E-state index in [4.69, 9.17) is 4.74 Å². The zero-order chi connectivity index (χ0) is 16.7. The topological polar surface area (TPSA) is 48.3 Å². The van der Waals surface area contributed by atoms with E-state index in [0.29, 0.717) is 24.2 Å². The highest BCUT2D eigenvalue weighted by Crippen LogP contribution is 2.37. The minimum Gasteiger partial charge on any atom is -0.465 e. The van der Waals surface area contributed by atoms with E-state index in [9.17, 15) is 9.59 Å². The molecule has 0 amide bonds. The second-order valence-electron chi connectivity index (χ2n) is 6.38. The standard InChI is InChI=1S/C20H19NO3/c1-24-20(23)13-6-11-17-16-4-2-3-5-18(16)21(19(17)12-13)14-7-9-15(22)10-8-14/h2-6,11-12,14H,7-10H2,1H3. The van der Waals surface area contributed by atoms with E-state index in [1.54, 1.807) is 0 Å². The number of ketones is 1. The maximum absolute atomic E-state index is 11.9. The third-order valence-electron chi connectivity index (χ3n) is 5.01. The largest absolute Gasteiger partial charge is 0.465 e. The highest BCUT2D eigenvalue weighted by molar-refractivity contribution is 6.09. The summed E-state index contributed by atoms with van der Waals surface area (Å²) in [5.41, 5.74) is 2.76. The molecule has 1 aliphatic carbocycles. The summed E-state index contributed by atoms with van der Waals surface area (Å²) in [6.07, 6.45) is 2.98. The number of fused-ring (bicyclic) bond motifs is 3. The summed E-state index contributed by atoms with van der Waals surface area (Å²) < 4.78 is 7.17. The smallest absolute Gasteiger partial charge is 0.337 e. The molecule has 0 bridgehead atoms. The first-order chi connectivity index (χ1) is 11.7. The van der Waals surface area contributed by atoms with Crippen molar-refractivity contribution in [2.75, 3.05) is 7.11 Å². The van der Waals surface area contributed by atoms with Gasteiger partial charge in [0, 0.05) is 35.2 Å². The van der Waals surface area contributed by atoms with Crippen molar-refractivity contribution in [3.8, 4) is 0 Å². The monoisotopic (exact) mass is 321 g/mol. The summed E-state index contributed by atoms with van der Waals surface area (Å²) in [7, 11) is 1.40. The van der Waals surface area contributed by atoms with Crippen molar-refractivity contribution >= 4 is 33.6 Å². The lowest BCUT2D eigenvalue weighted by Gasteiger charge is -2.24. The van der Waals surface area contributed by atoms with Gasteiger partial charge in [0.15, 0.2) is 0 Å². The second kappa shape index (κ2) is 5.78. The summed E-state index contributed by atoms with van der Waals surface area (Å²) >= 11 is 0. The molecule has 1 fully saturated rings. The Kier molecular flexibility index (Phi) is 3.60. The second-order valence-corrected chi connectivity index (χ2v) is 6.38. The van der Waals surface area contributed by atoms with E-state index in [2.05, 4.69) is 16.7 Å². The van der Waals surface area contributed by atoms with Gasteiger partial charge in [0.25, 0.3) is 0 Å². The van der Waals surface area contributed by atoms with Crippen LogP contribution in [0.25, 0.3) is 21.8 Å². The Morgan fingerprint density at radius 3 is 2.50 bits per heavy atom. The Morgan fingerprint density at radius 2 is 1.75 bits per heavy atom. The molecule has 0 atom stereocenters. The predicted octanol–water partition coefficient (Wildman–Crippen LogP) is 4.27. The lowest BCUT2D eigenvalue weighted by Crippen LogP contribution is -2.17. The van der Waals surface area contributed by atoms with Crippen LogP contribution < -0.4 is 0 Å². The fourth-order valence-corrected chi connectivity index (χ4v) is 3.82. The van der Waals surface area contributed by atoms with Gasteiger partial charge in [-0.15, -0.1) is 0 Å². The highest BCUT2D eigenvalue weighted by atomic mass is 16.5. The van der Waals surface area contributed by atoms with Crippen LogP contribution in [0.2, 0.25) is 0 Å². The molecule has 4 heteroatoms. The average molecular weight is 321 g/mol. The first-order valence-electron chi connectivity index (χ1n) is 8.32. The number of carbonyl (C=O) groups excluding carboxylic acids is 2. The van der Waals surface area contributed by atoms with Crippen LogP contribution in [0.3, 0.4) is 0 Å². The SMILES string of the molecule is COC(=O)c1ccc2c3ccccc3n(C3CCC(=O)CC3)c2c1. The normalized spacial score (nSPS) is 16.0. The fourth-order valence-electron chi connectivity index (χ4n) is 3.82.